The molecule has 0 aliphatic heterocycles. The molecular weight excluding hydrogens is 384 g/mol. The summed E-state index contributed by atoms with van der Waals surface area (Å²) in [4.78, 5) is 22.4. The molecule has 3 aromatic rings. The molecule has 0 aliphatic rings. The minimum atomic E-state index is -0.556. The fourth-order valence-electron chi connectivity index (χ4n) is 2.50. The molecule has 0 unspecified atom stereocenters. The van der Waals surface area contributed by atoms with Crippen LogP contribution in [0.5, 0.6) is 17.2 Å². The molecule has 0 atom stereocenters. The van der Waals surface area contributed by atoms with Crippen molar-refractivity contribution in [2.24, 2.45) is 0 Å². The molecule has 0 bridgehead atoms. The summed E-state index contributed by atoms with van der Waals surface area (Å²) in [7, 11) is 4.44. The molecule has 1 amide bonds. The molecule has 1 heterocycles. The van der Waals surface area contributed by atoms with Crippen LogP contribution < -0.4 is 19.5 Å². The van der Waals surface area contributed by atoms with Gasteiger partial charge in [-0.25, -0.2) is 0 Å². The molecule has 0 fully saturated rings. The van der Waals surface area contributed by atoms with E-state index in [0.717, 1.165) is 0 Å². The molecule has 3 rings (SSSR count). The summed E-state index contributed by atoms with van der Waals surface area (Å²) in [6, 6.07) is 8.20. The highest BCUT2D eigenvalue weighted by molar-refractivity contribution is 6.03. The Hall–Kier alpha value is -4.15. The average molecular weight is 400 g/mol. The van der Waals surface area contributed by atoms with Crippen molar-refractivity contribution in [2.45, 2.75) is 0 Å². The summed E-state index contributed by atoms with van der Waals surface area (Å²) >= 11 is 0. The van der Waals surface area contributed by atoms with E-state index in [0.29, 0.717) is 22.8 Å². The van der Waals surface area contributed by atoms with Crippen molar-refractivity contribution in [3.05, 3.63) is 52.1 Å². The normalized spacial score (nSPS) is 10.3. The fraction of sp³-hybridized carbons (Fsp3) is 0.167. The summed E-state index contributed by atoms with van der Waals surface area (Å²) in [5.74, 6) is 0.765. The first-order chi connectivity index (χ1) is 14.0. The number of hydrogen-bond acceptors (Lipinski definition) is 9. The second-order valence-electron chi connectivity index (χ2n) is 5.58. The number of amides is 1. The number of nitro benzene ring substituents is 1. The number of anilines is 1. The maximum atomic E-state index is 12.3. The van der Waals surface area contributed by atoms with Gasteiger partial charge in [0.25, 0.3) is 11.6 Å². The monoisotopic (exact) mass is 400 g/mol. The predicted molar refractivity (Wildman–Crippen MR) is 100 cm³/mol. The van der Waals surface area contributed by atoms with Crippen molar-refractivity contribution in [1.29, 1.82) is 0 Å². The highest BCUT2D eigenvalue weighted by Crippen LogP contribution is 2.41. The third kappa shape index (κ3) is 4.08. The molecule has 0 saturated heterocycles. The van der Waals surface area contributed by atoms with E-state index in [2.05, 4.69) is 15.5 Å². The van der Waals surface area contributed by atoms with Gasteiger partial charge in [0, 0.05) is 23.3 Å². The first-order valence-corrected chi connectivity index (χ1v) is 8.16. The van der Waals surface area contributed by atoms with Crippen molar-refractivity contribution in [2.75, 3.05) is 26.6 Å². The standard InChI is InChI=1S/C18H16N4O7/c1-26-13-8-11(9-14(27-2)15(13)28-3)17-20-21-18(29-17)19-16(23)10-4-6-12(7-5-10)22(24)25/h4-9H,1-3H3,(H,19,21,23). The Labute approximate surface area is 164 Å². The molecule has 150 valence electrons. The van der Waals surface area contributed by atoms with Crippen LogP contribution in [-0.4, -0.2) is 42.4 Å². The Morgan fingerprint density at radius 1 is 1.03 bits per heavy atom. The number of carbonyl (C=O) groups is 1. The average Bonchev–Trinajstić information content (AvgIpc) is 3.21. The van der Waals surface area contributed by atoms with Gasteiger partial charge in [0.2, 0.25) is 11.6 Å². The Kier molecular flexibility index (Phi) is 5.58. The lowest BCUT2D eigenvalue weighted by molar-refractivity contribution is -0.384. The summed E-state index contributed by atoms with van der Waals surface area (Å²) < 4.78 is 21.3. The number of carbonyl (C=O) groups excluding carboxylic acids is 1. The number of rotatable bonds is 7. The lowest BCUT2D eigenvalue weighted by Gasteiger charge is -2.12. The van der Waals surface area contributed by atoms with Crippen molar-refractivity contribution in [3.63, 3.8) is 0 Å². The summed E-state index contributed by atoms with van der Waals surface area (Å²) in [6.07, 6.45) is 0. The molecule has 0 radical (unpaired) electrons. The maximum Gasteiger partial charge on any atom is 0.322 e. The largest absolute Gasteiger partial charge is 0.493 e. The second kappa shape index (κ2) is 8.25. The molecule has 29 heavy (non-hydrogen) atoms. The van der Waals surface area contributed by atoms with Gasteiger partial charge in [-0.1, -0.05) is 5.10 Å². The molecule has 1 aromatic heterocycles. The SMILES string of the molecule is COc1cc(-c2nnc(NC(=O)c3ccc([N+](=O)[O-])cc3)o2)cc(OC)c1OC. The van der Waals surface area contributed by atoms with Gasteiger partial charge >= 0.3 is 6.01 Å². The quantitative estimate of drug-likeness (QED) is 0.468. The van der Waals surface area contributed by atoms with Crippen LogP contribution >= 0.6 is 0 Å². The molecular formula is C18H16N4O7. The minimum absolute atomic E-state index is 0.114. The molecule has 0 spiro atoms. The Morgan fingerprint density at radius 2 is 1.66 bits per heavy atom. The van der Waals surface area contributed by atoms with Gasteiger partial charge in [-0.3, -0.25) is 20.2 Å². The number of ether oxygens (including phenoxy) is 3. The Morgan fingerprint density at radius 3 is 2.17 bits per heavy atom. The number of nitrogens with one attached hydrogen (secondary N) is 1. The van der Waals surface area contributed by atoms with Crippen LogP contribution in [0.4, 0.5) is 11.7 Å². The first-order valence-electron chi connectivity index (χ1n) is 8.16. The van der Waals surface area contributed by atoms with E-state index < -0.39 is 10.8 Å². The van der Waals surface area contributed by atoms with Crippen molar-refractivity contribution >= 4 is 17.6 Å². The van der Waals surface area contributed by atoms with Gasteiger partial charge in [-0.05, 0) is 24.3 Å². The van der Waals surface area contributed by atoms with Gasteiger partial charge in [0.15, 0.2) is 11.5 Å². The number of nitro groups is 1. The van der Waals surface area contributed by atoms with Crippen LogP contribution in [-0.2, 0) is 0 Å². The van der Waals surface area contributed by atoms with Crippen molar-refractivity contribution in [3.8, 4) is 28.7 Å². The lowest BCUT2D eigenvalue weighted by Crippen LogP contribution is -2.12. The Balaban J connectivity index is 1.82. The van der Waals surface area contributed by atoms with Crippen LogP contribution in [0, 0.1) is 10.1 Å². The number of methoxy groups -OCH3 is 3. The highest BCUT2D eigenvalue weighted by Gasteiger charge is 2.18. The van der Waals surface area contributed by atoms with Crippen LogP contribution in [0.3, 0.4) is 0 Å². The van der Waals surface area contributed by atoms with Gasteiger partial charge in [0.05, 0.1) is 26.3 Å². The summed E-state index contributed by atoms with van der Waals surface area (Å²) in [5, 5.41) is 20.8. The fourth-order valence-corrected chi connectivity index (χ4v) is 2.50. The van der Waals surface area contributed by atoms with Crippen LogP contribution in [0.1, 0.15) is 10.4 Å². The minimum Gasteiger partial charge on any atom is -0.493 e. The molecule has 0 aliphatic carbocycles. The lowest BCUT2D eigenvalue weighted by atomic mass is 10.2. The maximum absolute atomic E-state index is 12.3. The Bertz CT molecular complexity index is 1020. The van der Waals surface area contributed by atoms with Gasteiger partial charge < -0.3 is 18.6 Å². The van der Waals surface area contributed by atoms with E-state index in [1.807, 2.05) is 0 Å². The third-order valence-corrected chi connectivity index (χ3v) is 3.90. The molecule has 11 nitrogen and oxygen atoms in total. The van der Waals surface area contributed by atoms with Crippen molar-refractivity contribution < 1.29 is 28.3 Å². The van der Waals surface area contributed by atoms with E-state index in [1.165, 1.54) is 45.6 Å². The zero-order valence-electron chi connectivity index (χ0n) is 15.7. The molecule has 1 N–H and O–H groups in total. The highest BCUT2D eigenvalue weighted by atomic mass is 16.6. The van der Waals surface area contributed by atoms with Gasteiger partial charge in [-0.2, -0.15) is 0 Å². The predicted octanol–water partition coefficient (Wildman–Crippen LogP) is 2.92. The topological polar surface area (TPSA) is 139 Å². The van der Waals surface area contributed by atoms with Crippen LogP contribution in [0.25, 0.3) is 11.5 Å². The van der Waals surface area contributed by atoms with Gasteiger partial charge in [-0.15, -0.1) is 5.10 Å². The summed E-state index contributed by atoms with van der Waals surface area (Å²) in [6.45, 7) is 0. The van der Waals surface area contributed by atoms with E-state index in [9.17, 15) is 14.9 Å². The van der Waals surface area contributed by atoms with Crippen LogP contribution in [0.2, 0.25) is 0 Å². The van der Waals surface area contributed by atoms with E-state index in [1.54, 1.807) is 12.1 Å². The van der Waals surface area contributed by atoms with E-state index in [4.69, 9.17) is 18.6 Å². The first kappa shape index (κ1) is 19.6. The number of aromatic nitrogens is 2. The van der Waals surface area contributed by atoms with Crippen molar-refractivity contribution in [1.82, 2.24) is 10.2 Å². The molecule has 0 saturated carbocycles. The van der Waals surface area contributed by atoms with Gasteiger partial charge in [0.1, 0.15) is 0 Å². The number of non-ortho nitro benzene ring substituents is 1. The number of benzene rings is 2. The molecule has 2 aromatic carbocycles. The molecule has 11 heteroatoms. The second-order valence-corrected chi connectivity index (χ2v) is 5.58. The van der Waals surface area contributed by atoms with E-state index in [-0.39, 0.29) is 23.2 Å². The smallest absolute Gasteiger partial charge is 0.322 e. The zero-order valence-corrected chi connectivity index (χ0v) is 15.7. The third-order valence-electron chi connectivity index (χ3n) is 3.90. The van der Waals surface area contributed by atoms with E-state index >= 15 is 0 Å². The zero-order chi connectivity index (χ0) is 21.0. The van der Waals surface area contributed by atoms with Crippen LogP contribution in [0.15, 0.2) is 40.8 Å². The number of nitrogens with zero attached hydrogens (tertiary/aromatic N) is 3. The summed E-state index contributed by atoms with van der Waals surface area (Å²) in [5.41, 5.74) is 0.565. The number of hydrogen-bond donors (Lipinski definition) is 1.